The first-order chi connectivity index (χ1) is 18.3. The fraction of sp³-hybridized carbons (Fsp3) is 0.345. The fourth-order valence-corrected chi connectivity index (χ4v) is 6.58. The number of ether oxygens (including phenoxy) is 2. The number of benzene rings is 2. The summed E-state index contributed by atoms with van der Waals surface area (Å²) in [7, 11) is 3.51. The number of ketones is 2. The largest absolute Gasteiger partial charge is 0.493 e. The van der Waals surface area contributed by atoms with Gasteiger partial charge < -0.3 is 19.7 Å². The Bertz CT molecular complexity index is 1360. The monoisotopic (exact) mass is 646 g/mol. The maximum absolute atomic E-state index is 13.3. The number of para-hydroxylation sites is 1. The summed E-state index contributed by atoms with van der Waals surface area (Å²) >= 11 is 8.29. The van der Waals surface area contributed by atoms with Crippen LogP contribution in [-0.4, -0.2) is 43.1 Å². The van der Waals surface area contributed by atoms with Crippen molar-refractivity contribution >= 4 is 57.4 Å². The van der Waals surface area contributed by atoms with Crippen molar-refractivity contribution in [3.63, 3.8) is 0 Å². The van der Waals surface area contributed by atoms with Gasteiger partial charge in [0, 0.05) is 48.3 Å². The highest BCUT2D eigenvalue weighted by Gasteiger charge is 2.42. The van der Waals surface area contributed by atoms with E-state index in [0.717, 1.165) is 57.4 Å². The Morgan fingerprint density at radius 2 is 1.68 bits per heavy atom. The predicted octanol–water partition coefficient (Wildman–Crippen LogP) is 6.01. The van der Waals surface area contributed by atoms with Gasteiger partial charge in [-0.25, -0.2) is 0 Å². The number of carbonyl (C=O) groups excluding carboxylic acids is 3. The zero-order valence-corrected chi connectivity index (χ0v) is 24.1. The lowest BCUT2D eigenvalue weighted by molar-refractivity contribution is -0.118. The molecule has 2 aliphatic carbocycles. The third-order valence-corrected chi connectivity index (χ3v) is 8.46. The van der Waals surface area contributed by atoms with Crippen LogP contribution < -0.4 is 14.8 Å². The number of nitrogens with one attached hydrogen (secondary N) is 1. The van der Waals surface area contributed by atoms with Crippen molar-refractivity contribution in [2.45, 2.75) is 44.4 Å². The number of carbonyl (C=O) groups is 3. The molecule has 0 aromatic heterocycles. The number of rotatable bonds is 6. The van der Waals surface area contributed by atoms with Crippen molar-refractivity contribution in [3.05, 3.63) is 73.1 Å². The minimum atomic E-state index is -0.434. The van der Waals surface area contributed by atoms with Gasteiger partial charge in [-0.15, -0.1) is 0 Å². The van der Waals surface area contributed by atoms with E-state index in [1.807, 2.05) is 19.2 Å². The molecule has 1 N–H and O–H groups in total. The molecule has 38 heavy (non-hydrogen) atoms. The molecule has 0 saturated heterocycles. The average molecular weight is 647 g/mol. The molecule has 0 saturated carbocycles. The number of allylic oxidation sites excluding steroid dienone is 4. The number of Topliss-reactive ketones (excluding diaryl/α,β-unsaturated/α-hetero) is 2. The van der Waals surface area contributed by atoms with E-state index < -0.39 is 5.92 Å². The molecule has 1 amide bonds. The van der Waals surface area contributed by atoms with Crippen LogP contribution in [0.3, 0.4) is 0 Å². The van der Waals surface area contributed by atoms with Gasteiger partial charge in [-0.3, -0.25) is 14.4 Å². The van der Waals surface area contributed by atoms with Crippen LogP contribution in [0.1, 0.15) is 50.0 Å². The van der Waals surface area contributed by atoms with Gasteiger partial charge in [-0.1, -0.05) is 23.7 Å². The Balaban J connectivity index is 1.48. The summed E-state index contributed by atoms with van der Waals surface area (Å²) < 4.78 is 12.3. The first-order valence-electron chi connectivity index (χ1n) is 12.6. The van der Waals surface area contributed by atoms with Crippen molar-refractivity contribution < 1.29 is 23.9 Å². The van der Waals surface area contributed by atoms with E-state index in [9.17, 15) is 14.4 Å². The molecule has 0 unspecified atom stereocenters. The van der Waals surface area contributed by atoms with Crippen molar-refractivity contribution in [1.82, 2.24) is 4.90 Å². The van der Waals surface area contributed by atoms with Crippen LogP contribution in [-0.2, 0) is 14.4 Å². The summed E-state index contributed by atoms with van der Waals surface area (Å²) in [6.07, 6.45) is 4.22. The molecule has 5 rings (SSSR count). The van der Waals surface area contributed by atoms with Crippen molar-refractivity contribution in [1.29, 1.82) is 0 Å². The number of hydrogen-bond acceptors (Lipinski definition) is 6. The Morgan fingerprint density at radius 1 is 1.05 bits per heavy atom. The Hall–Kier alpha value is -2.85. The third-order valence-electron chi connectivity index (χ3n) is 7.33. The molecule has 2 aromatic carbocycles. The van der Waals surface area contributed by atoms with Gasteiger partial charge in [0.25, 0.3) is 5.91 Å². The second kappa shape index (κ2) is 11.1. The summed E-state index contributed by atoms with van der Waals surface area (Å²) in [5.41, 5.74) is 4.80. The molecule has 198 valence electrons. The van der Waals surface area contributed by atoms with E-state index >= 15 is 0 Å². The number of halogens is 2. The number of anilines is 1. The quantitative estimate of drug-likeness (QED) is 0.387. The molecular weight excluding hydrogens is 619 g/mol. The topological polar surface area (TPSA) is 84.9 Å². The van der Waals surface area contributed by atoms with Gasteiger partial charge in [0.1, 0.15) is 0 Å². The predicted molar refractivity (Wildman–Crippen MR) is 154 cm³/mol. The van der Waals surface area contributed by atoms with E-state index in [1.165, 1.54) is 7.11 Å². The summed E-state index contributed by atoms with van der Waals surface area (Å²) in [5.74, 6) is 0.258. The second-order valence-corrected chi connectivity index (χ2v) is 11.2. The third kappa shape index (κ3) is 4.96. The molecular formula is C29H28ClIN2O5. The molecule has 0 radical (unpaired) electrons. The van der Waals surface area contributed by atoms with E-state index in [0.29, 0.717) is 35.1 Å². The van der Waals surface area contributed by atoms with Crippen LogP contribution in [0.15, 0.2) is 58.9 Å². The van der Waals surface area contributed by atoms with Crippen LogP contribution in [0.5, 0.6) is 11.5 Å². The molecule has 0 fully saturated rings. The zero-order valence-electron chi connectivity index (χ0n) is 21.2. The molecule has 7 nitrogen and oxygen atoms in total. The van der Waals surface area contributed by atoms with Gasteiger partial charge >= 0.3 is 0 Å². The van der Waals surface area contributed by atoms with E-state index in [2.05, 4.69) is 32.8 Å². The average Bonchev–Trinajstić information content (AvgIpc) is 2.90. The molecule has 0 spiro atoms. The van der Waals surface area contributed by atoms with E-state index in [1.54, 1.807) is 24.3 Å². The maximum atomic E-state index is 13.3. The highest BCUT2D eigenvalue weighted by Crippen LogP contribution is 2.50. The van der Waals surface area contributed by atoms with Crippen LogP contribution in [0.4, 0.5) is 5.69 Å². The lowest BCUT2D eigenvalue weighted by atomic mass is 9.71. The number of amides is 1. The molecule has 0 atom stereocenters. The molecule has 1 aliphatic heterocycles. The lowest BCUT2D eigenvalue weighted by Gasteiger charge is -2.42. The number of nitrogens with zero attached hydrogens (tertiary/aromatic N) is 1. The van der Waals surface area contributed by atoms with Crippen molar-refractivity contribution in [3.8, 4) is 11.5 Å². The molecule has 3 aliphatic rings. The highest BCUT2D eigenvalue weighted by molar-refractivity contribution is 14.1. The summed E-state index contributed by atoms with van der Waals surface area (Å²) in [4.78, 5) is 41.2. The smallest absolute Gasteiger partial charge is 0.262 e. The van der Waals surface area contributed by atoms with E-state index in [-0.39, 0.29) is 24.1 Å². The first kappa shape index (κ1) is 26.7. The summed E-state index contributed by atoms with van der Waals surface area (Å²) in [6, 6.07) is 10.7. The second-order valence-electron chi connectivity index (χ2n) is 9.62. The Kier molecular flexibility index (Phi) is 7.81. The molecule has 9 heteroatoms. The summed E-state index contributed by atoms with van der Waals surface area (Å²) in [5, 5.41) is 3.18. The van der Waals surface area contributed by atoms with Gasteiger partial charge in [0.05, 0.1) is 21.4 Å². The molecule has 2 aromatic rings. The lowest BCUT2D eigenvalue weighted by Crippen LogP contribution is -2.37. The summed E-state index contributed by atoms with van der Waals surface area (Å²) in [6.45, 7) is -0.243. The first-order valence-corrected chi connectivity index (χ1v) is 14.1. The van der Waals surface area contributed by atoms with Gasteiger partial charge in [-0.05, 0) is 78.1 Å². The van der Waals surface area contributed by atoms with Crippen molar-refractivity contribution in [2.75, 3.05) is 26.1 Å². The number of hydrogen-bond donors (Lipinski definition) is 1. The van der Waals surface area contributed by atoms with Crippen molar-refractivity contribution in [2.24, 2.45) is 0 Å². The maximum Gasteiger partial charge on any atom is 0.262 e. The van der Waals surface area contributed by atoms with Gasteiger partial charge in [0.15, 0.2) is 29.7 Å². The normalized spacial score (nSPS) is 17.8. The molecule has 1 heterocycles. The van der Waals surface area contributed by atoms with Crippen LogP contribution in [0.2, 0.25) is 5.02 Å². The minimum absolute atomic E-state index is 0.0959. The van der Waals surface area contributed by atoms with Crippen LogP contribution in [0.25, 0.3) is 0 Å². The highest BCUT2D eigenvalue weighted by atomic mass is 127. The van der Waals surface area contributed by atoms with Gasteiger partial charge in [0.2, 0.25) is 0 Å². The minimum Gasteiger partial charge on any atom is -0.493 e. The Morgan fingerprint density at radius 3 is 2.29 bits per heavy atom. The molecule has 0 bridgehead atoms. The Labute approximate surface area is 240 Å². The SMILES string of the molecule is COc1cc(C2C3=C(CCCC3=O)N(C)C3=C2C(=O)CCC3)cc(I)c1OCC(=O)Nc1ccccc1Cl. The van der Waals surface area contributed by atoms with Crippen LogP contribution in [0, 0.1) is 3.57 Å². The van der Waals surface area contributed by atoms with E-state index in [4.69, 9.17) is 21.1 Å². The van der Waals surface area contributed by atoms with Crippen LogP contribution >= 0.6 is 34.2 Å². The van der Waals surface area contributed by atoms with Gasteiger partial charge in [-0.2, -0.15) is 0 Å². The number of methoxy groups -OCH3 is 1. The standard InChI is InChI=1S/C29H28ClIN2O5/c1-33-20-9-5-11-22(34)27(20)26(28-21(33)10-6-12-23(28)35)16-13-18(31)29(24(14-16)37-2)38-15-25(36)32-19-8-4-3-7-17(19)30/h3-4,7-8,13-14,26H,5-6,9-12,15H2,1-2H3,(H,32,36). The fourth-order valence-electron chi connectivity index (χ4n) is 5.62. The zero-order chi connectivity index (χ0) is 27.0.